The molecule has 1 heterocycles. The zero-order valence-corrected chi connectivity index (χ0v) is 37.3. The summed E-state index contributed by atoms with van der Waals surface area (Å²) in [6.07, 6.45) is 6.94. The maximum absolute atomic E-state index is 14.1. The number of nitro groups is 1. The van der Waals surface area contributed by atoms with Crippen LogP contribution in [-0.4, -0.2) is 83.2 Å². The third-order valence-corrected chi connectivity index (χ3v) is 12.1. The molecule has 0 aromatic heterocycles. The third-order valence-electron chi connectivity index (χ3n) is 12.1. The van der Waals surface area contributed by atoms with Gasteiger partial charge in [0.1, 0.15) is 24.1 Å². The summed E-state index contributed by atoms with van der Waals surface area (Å²) >= 11 is 0. The fraction of sp³-hybridized carbons (Fsp3) is 0.490. The molecule has 1 saturated carbocycles. The van der Waals surface area contributed by atoms with E-state index < -0.39 is 34.9 Å². The average Bonchev–Trinajstić information content (AvgIpc) is 3.28. The lowest BCUT2D eigenvalue weighted by Gasteiger charge is -2.59. The standard InChI is InChI=1S/C49H62N4O11/c1-6-26-61-49-43(52(5)47(57)60-32-48(2,3)4)29-41(51-62-31-34-18-20-36(21-19-34)53(58)59)39-27-35(16-10-12-24-54)38(17-11-13-25-55)44(45(39)49)40-28-37(22-23-42(40)64-49)63-46(56)50-30-33-14-8-7-9-15-33/h6-9,14-15,18-23,27-28,35,38,43-45,54-55H,1,10-13,16-17,24-26,29-32H2,2-5H3,(H,50,56). The number of nitrogens with one attached hydrogen (secondary N) is 1. The van der Waals surface area contributed by atoms with E-state index in [-0.39, 0.29) is 74.9 Å². The van der Waals surface area contributed by atoms with Crippen LogP contribution >= 0.6 is 0 Å². The Morgan fingerprint density at radius 1 is 1.02 bits per heavy atom. The number of benzene rings is 3. The molecule has 6 rings (SSSR count). The molecule has 3 aliphatic rings. The molecule has 0 spiro atoms. The highest BCUT2D eigenvalue weighted by atomic mass is 16.7. The van der Waals surface area contributed by atoms with Crippen molar-refractivity contribution in [1.29, 1.82) is 0 Å². The van der Waals surface area contributed by atoms with Gasteiger partial charge in [0.15, 0.2) is 0 Å². The number of unbranched alkanes of at least 4 members (excludes halogenated alkanes) is 2. The van der Waals surface area contributed by atoms with Gasteiger partial charge < -0.3 is 44.2 Å². The van der Waals surface area contributed by atoms with E-state index in [4.69, 9.17) is 28.9 Å². The van der Waals surface area contributed by atoms with Crippen LogP contribution in [0.4, 0.5) is 15.3 Å². The molecule has 344 valence electrons. The Morgan fingerprint density at radius 3 is 2.41 bits per heavy atom. The zero-order chi connectivity index (χ0) is 45.9. The van der Waals surface area contributed by atoms with Gasteiger partial charge in [-0.3, -0.25) is 10.1 Å². The lowest BCUT2D eigenvalue weighted by Crippen LogP contribution is -2.69. The van der Waals surface area contributed by atoms with Crippen LogP contribution in [0.15, 0.2) is 102 Å². The van der Waals surface area contributed by atoms with Gasteiger partial charge in [-0.1, -0.05) is 81.3 Å². The van der Waals surface area contributed by atoms with Crippen LogP contribution in [0.2, 0.25) is 0 Å². The summed E-state index contributed by atoms with van der Waals surface area (Å²) in [6.45, 7) is 10.5. The Morgan fingerprint density at radius 2 is 1.73 bits per heavy atom. The van der Waals surface area contributed by atoms with Crippen molar-refractivity contribution < 1.29 is 48.5 Å². The van der Waals surface area contributed by atoms with Crippen molar-refractivity contribution in [3.63, 3.8) is 0 Å². The molecule has 1 fully saturated rings. The maximum atomic E-state index is 14.1. The molecule has 2 aliphatic carbocycles. The Labute approximate surface area is 375 Å². The smallest absolute Gasteiger partial charge is 0.412 e. The minimum absolute atomic E-state index is 0.0190. The molecule has 3 N–H and O–H groups in total. The van der Waals surface area contributed by atoms with Gasteiger partial charge in [0.2, 0.25) is 5.79 Å². The summed E-state index contributed by atoms with van der Waals surface area (Å²) in [5, 5.41) is 38.8. The van der Waals surface area contributed by atoms with E-state index in [1.54, 1.807) is 37.4 Å². The van der Waals surface area contributed by atoms with E-state index in [1.165, 1.54) is 17.0 Å². The number of rotatable bonds is 20. The number of oxime groups is 1. The molecule has 0 saturated heterocycles. The summed E-state index contributed by atoms with van der Waals surface area (Å²) in [5.74, 6) is -1.75. The van der Waals surface area contributed by atoms with Crippen molar-refractivity contribution in [1.82, 2.24) is 10.2 Å². The van der Waals surface area contributed by atoms with Crippen molar-refractivity contribution in [3.8, 4) is 11.5 Å². The number of ether oxygens (including phenoxy) is 4. The minimum atomic E-state index is -1.51. The molecule has 0 radical (unpaired) electrons. The van der Waals surface area contributed by atoms with Crippen LogP contribution in [0.5, 0.6) is 11.5 Å². The first-order valence-corrected chi connectivity index (χ1v) is 22.1. The Balaban J connectivity index is 1.49. The zero-order valence-electron chi connectivity index (χ0n) is 37.3. The van der Waals surface area contributed by atoms with Crippen molar-refractivity contribution in [2.75, 3.05) is 33.5 Å². The second kappa shape index (κ2) is 21.7. The van der Waals surface area contributed by atoms with Crippen molar-refractivity contribution in [2.24, 2.45) is 28.3 Å². The summed E-state index contributed by atoms with van der Waals surface area (Å²) in [7, 11) is 1.66. The van der Waals surface area contributed by atoms with Crippen LogP contribution < -0.4 is 14.8 Å². The molecule has 0 bridgehead atoms. The molecular weight excluding hydrogens is 821 g/mol. The maximum Gasteiger partial charge on any atom is 0.412 e. The number of carbonyl (C=O) groups excluding carboxylic acids is 2. The average molecular weight is 883 g/mol. The Kier molecular flexibility index (Phi) is 16.2. The number of nitro benzene ring substituents is 1. The highest BCUT2D eigenvalue weighted by molar-refractivity contribution is 6.03. The number of hydrogen-bond donors (Lipinski definition) is 3. The van der Waals surface area contributed by atoms with Crippen LogP contribution in [0.25, 0.3) is 0 Å². The van der Waals surface area contributed by atoms with Gasteiger partial charge in [0.25, 0.3) is 5.69 Å². The van der Waals surface area contributed by atoms with Gasteiger partial charge >= 0.3 is 12.2 Å². The molecule has 15 heteroatoms. The number of nitrogens with zero attached hydrogens (tertiary/aromatic N) is 3. The summed E-state index contributed by atoms with van der Waals surface area (Å²) in [5.41, 5.74) is 3.40. The Bertz CT molecular complexity index is 2140. The number of carbonyl (C=O) groups is 2. The molecular formula is C49H62N4O11. The van der Waals surface area contributed by atoms with Crippen LogP contribution in [-0.2, 0) is 27.5 Å². The molecule has 6 unspecified atom stereocenters. The number of amides is 2. The molecule has 2 amide bonds. The number of likely N-dealkylation sites (N-methyl/N-ethyl adjacent to an activating group) is 1. The first-order valence-electron chi connectivity index (χ1n) is 22.1. The number of non-ortho nitro benzene ring substituents is 1. The lowest BCUT2D eigenvalue weighted by molar-refractivity contribution is -0.384. The minimum Gasteiger partial charge on any atom is -0.459 e. The van der Waals surface area contributed by atoms with Crippen LogP contribution in [0.1, 0.15) is 88.3 Å². The van der Waals surface area contributed by atoms with Crippen molar-refractivity contribution >= 4 is 23.6 Å². The van der Waals surface area contributed by atoms with Gasteiger partial charge in [-0.25, -0.2) is 9.59 Å². The number of aliphatic hydroxyl groups is 2. The predicted octanol–water partition coefficient (Wildman–Crippen LogP) is 8.83. The Hall–Kier alpha value is -5.77. The van der Waals surface area contributed by atoms with E-state index >= 15 is 0 Å². The topological polar surface area (TPSA) is 192 Å². The summed E-state index contributed by atoms with van der Waals surface area (Å²) in [6, 6.07) is 20.1. The lowest BCUT2D eigenvalue weighted by atomic mass is 9.55. The second-order valence-corrected chi connectivity index (χ2v) is 17.9. The third kappa shape index (κ3) is 11.5. The summed E-state index contributed by atoms with van der Waals surface area (Å²) in [4.78, 5) is 45.8. The monoisotopic (exact) mass is 882 g/mol. The van der Waals surface area contributed by atoms with Crippen molar-refractivity contribution in [2.45, 2.75) is 96.6 Å². The molecule has 3 aromatic carbocycles. The summed E-state index contributed by atoms with van der Waals surface area (Å²) < 4.78 is 25.9. The highest BCUT2D eigenvalue weighted by Crippen LogP contribution is 2.62. The number of aliphatic hydroxyl groups excluding tert-OH is 2. The van der Waals surface area contributed by atoms with Gasteiger partial charge in [0.05, 0.1) is 29.8 Å². The van der Waals surface area contributed by atoms with Crippen LogP contribution in [0.3, 0.4) is 0 Å². The van der Waals surface area contributed by atoms with E-state index in [2.05, 4.69) is 18.0 Å². The largest absolute Gasteiger partial charge is 0.459 e. The number of fused-ring (bicyclic) bond motifs is 2. The predicted molar refractivity (Wildman–Crippen MR) is 241 cm³/mol. The van der Waals surface area contributed by atoms with E-state index in [9.17, 15) is 29.9 Å². The highest BCUT2D eigenvalue weighted by Gasteiger charge is 2.65. The molecule has 1 aliphatic heterocycles. The SMILES string of the molecule is C=CCOC12Oc3ccc(OC(=O)NCc4ccccc4)cc3C3C(CCCCO)C(CCCCO)C=C(C(=NOCc4ccc([N+](=O)[O-])cc4)CC1N(C)C(=O)OCC(C)(C)C)C32. The second-order valence-electron chi connectivity index (χ2n) is 17.9. The van der Waals surface area contributed by atoms with Gasteiger partial charge in [0, 0.05) is 56.8 Å². The van der Waals surface area contributed by atoms with Crippen molar-refractivity contribution in [3.05, 3.63) is 124 Å². The van der Waals surface area contributed by atoms with Gasteiger partial charge in [-0.15, -0.1) is 6.58 Å². The normalized spacial score (nSPS) is 22.8. The van der Waals surface area contributed by atoms with E-state index in [1.807, 2.05) is 57.2 Å². The van der Waals surface area contributed by atoms with E-state index in [0.29, 0.717) is 42.0 Å². The molecule has 6 atom stereocenters. The fourth-order valence-corrected chi connectivity index (χ4v) is 9.11. The fourth-order valence-electron chi connectivity index (χ4n) is 9.11. The molecule has 15 nitrogen and oxygen atoms in total. The molecule has 3 aromatic rings. The quantitative estimate of drug-likeness (QED) is 0.0425. The van der Waals surface area contributed by atoms with Crippen LogP contribution in [0, 0.1) is 33.3 Å². The van der Waals surface area contributed by atoms with Gasteiger partial charge in [-0.2, -0.15) is 0 Å². The first kappa shape index (κ1) is 47.7. The number of allylic oxidation sites excluding steroid dienone is 1. The van der Waals surface area contributed by atoms with Gasteiger partial charge in [-0.05, 0) is 90.0 Å². The number of hydrogen-bond acceptors (Lipinski definition) is 12. The first-order chi connectivity index (χ1) is 30.8. The van der Waals surface area contributed by atoms with E-state index in [0.717, 1.165) is 36.0 Å². The molecule has 64 heavy (non-hydrogen) atoms.